The van der Waals surface area contributed by atoms with E-state index in [1.165, 1.54) is 12.1 Å². The van der Waals surface area contributed by atoms with Crippen LogP contribution in [0, 0.1) is 12.7 Å². The molecular formula is C27H24FN5. The Kier molecular flexibility index (Phi) is 6.26. The third kappa shape index (κ3) is 4.36. The van der Waals surface area contributed by atoms with E-state index in [0.717, 1.165) is 44.8 Å². The van der Waals surface area contributed by atoms with Gasteiger partial charge in [0, 0.05) is 11.3 Å². The van der Waals surface area contributed by atoms with Crippen LogP contribution in [-0.4, -0.2) is 25.1 Å². The molecule has 1 aromatic carbocycles. The predicted molar refractivity (Wildman–Crippen MR) is 133 cm³/mol. The number of hydrogen-bond acceptors (Lipinski definition) is 3. The number of halogens is 1. The Labute approximate surface area is 191 Å². The molecule has 4 aromatic rings. The van der Waals surface area contributed by atoms with Crippen LogP contribution in [0.3, 0.4) is 0 Å². The standard InChI is InChI=1S/C27H24FN5/c1-5-8-10-18(7-3)22-15-16-23-25(30-22)26(33-32-23)27-29-17(4)24(31-27)21(9-6-2)19-11-13-20(28)14-12-19/h5-16H,1-2H2,3-4H3,(H,29,31)(H,32,33)/b10-8-,18-7+,21-9-. The van der Waals surface area contributed by atoms with E-state index in [0.29, 0.717) is 11.5 Å². The Hall–Kier alpha value is -4.32. The van der Waals surface area contributed by atoms with Crippen molar-refractivity contribution in [2.75, 3.05) is 0 Å². The minimum absolute atomic E-state index is 0.288. The monoisotopic (exact) mass is 437 g/mol. The third-order valence-corrected chi connectivity index (χ3v) is 5.23. The van der Waals surface area contributed by atoms with Crippen molar-refractivity contribution < 1.29 is 4.39 Å². The lowest BCUT2D eigenvalue weighted by molar-refractivity contribution is 0.627. The molecule has 0 aliphatic carbocycles. The molecule has 2 N–H and O–H groups in total. The molecule has 0 saturated carbocycles. The molecule has 0 aliphatic rings. The van der Waals surface area contributed by atoms with Gasteiger partial charge in [-0.2, -0.15) is 5.10 Å². The highest BCUT2D eigenvalue weighted by Gasteiger charge is 2.19. The fourth-order valence-electron chi connectivity index (χ4n) is 3.62. The number of aromatic nitrogens is 5. The molecular weight excluding hydrogens is 413 g/mol. The molecule has 4 rings (SSSR count). The number of rotatable bonds is 7. The number of imidazole rings is 1. The maximum Gasteiger partial charge on any atom is 0.161 e. The second kappa shape index (κ2) is 9.44. The molecule has 33 heavy (non-hydrogen) atoms. The zero-order chi connectivity index (χ0) is 23.4. The minimum Gasteiger partial charge on any atom is -0.340 e. The molecule has 0 bridgehead atoms. The molecule has 0 saturated heterocycles. The van der Waals surface area contributed by atoms with Gasteiger partial charge in [0.15, 0.2) is 11.5 Å². The highest BCUT2D eigenvalue weighted by molar-refractivity contribution is 5.90. The zero-order valence-corrected chi connectivity index (χ0v) is 18.6. The van der Waals surface area contributed by atoms with Gasteiger partial charge >= 0.3 is 0 Å². The van der Waals surface area contributed by atoms with Crippen molar-refractivity contribution in [1.82, 2.24) is 25.1 Å². The molecule has 0 spiro atoms. The van der Waals surface area contributed by atoms with E-state index in [1.807, 2.05) is 50.3 Å². The first-order chi connectivity index (χ1) is 16.0. The van der Waals surface area contributed by atoms with Crippen molar-refractivity contribution in [3.8, 4) is 11.5 Å². The van der Waals surface area contributed by atoms with Gasteiger partial charge in [-0.05, 0) is 49.2 Å². The second-order valence-electron chi connectivity index (χ2n) is 7.39. The zero-order valence-electron chi connectivity index (χ0n) is 18.6. The summed E-state index contributed by atoms with van der Waals surface area (Å²) >= 11 is 0. The Morgan fingerprint density at radius 2 is 1.82 bits per heavy atom. The molecule has 3 heterocycles. The van der Waals surface area contributed by atoms with E-state index >= 15 is 0 Å². The number of allylic oxidation sites excluding steroid dienone is 7. The highest BCUT2D eigenvalue weighted by atomic mass is 19.1. The molecule has 6 heteroatoms. The first-order valence-corrected chi connectivity index (χ1v) is 10.5. The van der Waals surface area contributed by atoms with Gasteiger partial charge in [0.1, 0.15) is 11.3 Å². The first-order valence-electron chi connectivity index (χ1n) is 10.5. The molecule has 3 aromatic heterocycles. The van der Waals surface area contributed by atoms with Gasteiger partial charge in [0.25, 0.3) is 0 Å². The largest absolute Gasteiger partial charge is 0.340 e. The summed E-state index contributed by atoms with van der Waals surface area (Å²) in [5, 5.41) is 7.51. The number of benzene rings is 1. The number of aromatic amines is 2. The van der Waals surface area contributed by atoms with Gasteiger partial charge < -0.3 is 4.98 Å². The van der Waals surface area contributed by atoms with Gasteiger partial charge in [-0.15, -0.1) is 0 Å². The topological polar surface area (TPSA) is 70.2 Å². The summed E-state index contributed by atoms with van der Waals surface area (Å²) in [5.74, 6) is 0.309. The van der Waals surface area contributed by atoms with Gasteiger partial charge in [0.2, 0.25) is 0 Å². The number of nitrogens with one attached hydrogen (secondary N) is 2. The van der Waals surface area contributed by atoms with Crippen LogP contribution in [0.2, 0.25) is 0 Å². The quantitative estimate of drug-likeness (QED) is 0.322. The van der Waals surface area contributed by atoms with E-state index in [9.17, 15) is 4.39 Å². The number of H-pyrrole nitrogens is 2. The van der Waals surface area contributed by atoms with Crippen LogP contribution in [0.4, 0.5) is 4.39 Å². The Morgan fingerprint density at radius 3 is 2.52 bits per heavy atom. The van der Waals surface area contributed by atoms with Crippen LogP contribution >= 0.6 is 0 Å². The lowest BCUT2D eigenvalue weighted by Gasteiger charge is -2.05. The molecule has 0 amide bonds. The summed E-state index contributed by atoms with van der Waals surface area (Å²) in [5.41, 5.74) is 7.25. The SMILES string of the molecule is C=C/C=C\C(=C/C)c1ccc2[nH]nc(-c3nc(/C(=C\C=C)c4ccc(F)cc4)c(C)[nH]3)c2n1. The molecule has 0 atom stereocenters. The fourth-order valence-corrected chi connectivity index (χ4v) is 3.62. The number of pyridine rings is 1. The van der Waals surface area contributed by atoms with Crippen molar-refractivity contribution in [2.24, 2.45) is 0 Å². The summed E-state index contributed by atoms with van der Waals surface area (Å²) in [7, 11) is 0. The van der Waals surface area contributed by atoms with Crippen LogP contribution in [0.15, 0.2) is 86.0 Å². The Balaban J connectivity index is 1.80. The summed E-state index contributed by atoms with van der Waals surface area (Å²) in [6, 6.07) is 10.2. The second-order valence-corrected chi connectivity index (χ2v) is 7.39. The first kappa shape index (κ1) is 21.9. The molecule has 0 aliphatic heterocycles. The fraction of sp³-hybridized carbons (Fsp3) is 0.0741. The van der Waals surface area contributed by atoms with Crippen LogP contribution in [0.5, 0.6) is 0 Å². The smallest absolute Gasteiger partial charge is 0.161 e. The summed E-state index contributed by atoms with van der Waals surface area (Å²) < 4.78 is 13.4. The maximum atomic E-state index is 13.4. The van der Waals surface area contributed by atoms with E-state index in [1.54, 1.807) is 24.3 Å². The molecule has 0 fully saturated rings. The van der Waals surface area contributed by atoms with Crippen molar-refractivity contribution in [3.05, 3.63) is 114 Å². The number of fused-ring (bicyclic) bond motifs is 1. The van der Waals surface area contributed by atoms with Gasteiger partial charge in [-0.25, -0.2) is 14.4 Å². The number of hydrogen-bond donors (Lipinski definition) is 2. The predicted octanol–water partition coefficient (Wildman–Crippen LogP) is 6.56. The van der Waals surface area contributed by atoms with Crippen molar-refractivity contribution >= 4 is 22.2 Å². The molecule has 0 unspecified atom stereocenters. The van der Waals surface area contributed by atoms with Gasteiger partial charge in [0.05, 0.1) is 16.9 Å². The normalized spacial score (nSPS) is 12.6. The van der Waals surface area contributed by atoms with Crippen LogP contribution in [-0.2, 0) is 0 Å². The van der Waals surface area contributed by atoms with E-state index in [-0.39, 0.29) is 5.82 Å². The Morgan fingerprint density at radius 1 is 1.03 bits per heavy atom. The van der Waals surface area contributed by atoms with E-state index < -0.39 is 0 Å². The number of nitrogens with zero attached hydrogens (tertiary/aromatic N) is 3. The average Bonchev–Trinajstić information content (AvgIpc) is 3.41. The van der Waals surface area contributed by atoms with Gasteiger partial charge in [-0.3, -0.25) is 5.10 Å². The summed E-state index contributed by atoms with van der Waals surface area (Å²) in [6.07, 6.45) is 11.1. The van der Waals surface area contributed by atoms with E-state index in [2.05, 4.69) is 28.3 Å². The van der Waals surface area contributed by atoms with Crippen LogP contribution in [0.25, 0.3) is 33.7 Å². The average molecular weight is 438 g/mol. The summed E-state index contributed by atoms with van der Waals surface area (Å²) in [6.45, 7) is 11.5. The lowest BCUT2D eigenvalue weighted by Crippen LogP contribution is -1.92. The molecule has 0 radical (unpaired) electrons. The van der Waals surface area contributed by atoms with Crippen molar-refractivity contribution in [1.29, 1.82) is 0 Å². The third-order valence-electron chi connectivity index (χ3n) is 5.23. The minimum atomic E-state index is -0.288. The maximum absolute atomic E-state index is 13.4. The van der Waals surface area contributed by atoms with Crippen LogP contribution in [0.1, 0.15) is 29.6 Å². The van der Waals surface area contributed by atoms with Crippen molar-refractivity contribution in [3.63, 3.8) is 0 Å². The highest BCUT2D eigenvalue weighted by Crippen LogP contribution is 2.30. The summed E-state index contributed by atoms with van der Waals surface area (Å²) in [4.78, 5) is 13.0. The van der Waals surface area contributed by atoms with Crippen LogP contribution < -0.4 is 0 Å². The number of aryl methyl sites for hydroxylation is 1. The lowest BCUT2D eigenvalue weighted by atomic mass is 10.0. The van der Waals surface area contributed by atoms with E-state index in [4.69, 9.17) is 9.97 Å². The Bertz CT molecular complexity index is 1410. The van der Waals surface area contributed by atoms with Gasteiger partial charge in [-0.1, -0.05) is 61.7 Å². The van der Waals surface area contributed by atoms with Crippen molar-refractivity contribution in [2.45, 2.75) is 13.8 Å². The molecule has 164 valence electrons. The molecule has 5 nitrogen and oxygen atoms in total.